The van der Waals surface area contributed by atoms with E-state index < -0.39 is 16.7 Å². The molecule has 0 atom stereocenters. The highest BCUT2D eigenvalue weighted by Crippen LogP contribution is 2.19. The fraction of sp³-hybridized carbons (Fsp3) is 0.200. The lowest BCUT2D eigenvalue weighted by Gasteiger charge is -2.12. The minimum Gasteiger partial charge on any atom is -0.273 e. The van der Waals surface area contributed by atoms with Crippen molar-refractivity contribution in [1.82, 2.24) is 5.01 Å². The smallest absolute Gasteiger partial charge is 0.273 e. The Kier molecular flexibility index (Phi) is 3.54. The number of carbonyl (C=O) groups excluding carboxylic acids is 2. The maximum atomic E-state index is 11.6. The molecule has 2 amide bonds. The monoisotopic (exact) mass is 237 g/mol. The molecule has 0 unspecified atom stereocenters. The van der Waals surface area contributed by atoms with Gasteiger partial charge in [0.05, 0.1) is 4.92 Å². The van der Waals surface area contributed by atoms with E-state index in [1.54, 1.807) is 6.92 Å². The van der Waals surface area contributed by atoms with E-state index in [1.807, 2.05) is 0 Å². The number of hydrogen-bond donors (Lipinski definition) is 1. The van der Waals surface area contributed by atoms with Crippen molar-refractivity contribution in [3.05, 3.63) is 39.4 Å². The number of nitro groups is 1. The van der Waals surface area contributed by atoms with Crippen LogP contribution >= 0.6 is 0 Å². The van der Waals surface area contributed by atoms with Gasteiger partial charge in [-0.2, -0.15) is 0 Å². The van der Waals surface area contributed by atoms with Crippen LogP contribution in [0.4, 0.5) is 5.69 Å². The average Bonchev–Trinajstić information content (AvgIpc) is 2.27. The van der Waals surface area contributed by atoms with Crippen LogP contribution in [0.15, 0.2) is 18.2 Å². The molecule has 90 valence electrons. The standard InChI is InChI=1S/C10H11N3O4/c1-6-3-4-8(5-9(6)13(16)17)10(15)12(11)7(2)14/h3-5H,11H2,1-2H3. The van der Waals surface area contributed by atoms with Gasteiger partial charge in [-0.05, 0) is 13.0 Å². The number of carbonyl (C=O) groups is 2. The van der Waals surface area contributed by atoms with Gasteiger partial charge < -0.3 is 0 Å². The summed E-state index contributed by atoms with van der Waals surface area (Å²) >= 11 is 0. The van der Waals surface area contributed by atoms with Crippen LogP contribution in [0.25, 0.3) is 0 Å². The number of nitrogens with two attached hydrogens (primary N) is 1. The number of rotatable bonds is 2. The third-order valence-electron chi connectivity index (χ3n) is 2.21. The van der Waals surface area contributed by atoms with Crippen molar-refractivity contribution < 1.29 is 14.5 Å². The van der Waals surface area contributed by atoms with Gasteiger partial charge in [0, 0.05) is 24.1 Å². The molecule has 0 spiro atoms. The Bertz CT molecular complexity index is 498. The first-order chi connectivity index (χ1) is 7.84. The second-order valence-corrected chi connectivity index (χ2v) is 3.45. The van der Waals surface area contributed by atoms with Gasteiger partial charge in [-0.25, -0.2) is 10.9 Å². The molecule has 0 aliphatic rings. The average molecular weight is 237 g/mol. The van der Waals surface area contributed by atoms with Crippen LogP contribution in [0.2, 0.25) is 0 Å². The topological polar surface area (TPSA) is 107 Å². The van der Waals surface area contributed by atoms with Crippen LogP contribution in [-0.4, -0.2) is 21.7 Å². The summed E-state index contributed by atoms with van der Waals surface area (Å²) in [5, 5.41) is 11.1. The van der Waals surface area contributed by atoms with Crippen molar-refractivity contribution in [1.29, 1.82) is 0 Å². The molecule has 0 aliphatic heterocycles. The molecular weight excluding hydrogens is 226 g/mol. The van der Waals surface area contributed by atoms with Crippen molar-refractivity contribution in [2.75, 3.05) is 0 Å². The molecule has 2 N–H and O–H groups in total. The third-order valence-corrected chi connectivity index (χ3v) is 2.21. The molecule has 0 bridgehead atoms. The molecule has 0 fully saturated rings. The Morgan fingerprint density at radius 1 is 1.41 bits per heavy atom. The van der Waals surface area contributed by atoms with Crippen molar-refractivity contribution in [3.63, 3.8) is 0 Å². The molecule has 0 saturated carbocycles. The Labute approximate surface area is 96.9 Å². The Morgan fingerprint density at radius 3 is 2.47 bits per heavy atom. The number of aryl methyl sites for hydroxylation is 1. The number of hydrogen-bond acceptors (Lipinski definition) is 5. The first-order valence-corrected chi connectivity index (χ1v) is 4.69. The van der Waals surface area contributed by atoms with E-state index in [-0.39, 0.29) is 11.3 Å². The fourth-order valence-corrected chi connectivity index (χ4v) is 1.22. The lowest BCUT2D eigenvalue weighted by atomic mass is 10.1. The number of nitrogens with zero attached hydrogens (tertiary/aromatic N) is 2. The van der Waals surface area contributed by atoms with Crippen molar-refractivity contribution >= 4 is 17.5 Å². The minimum absolute atomic E-state index is 0.000000000000000222. The van der Waals surface area contributed by atoms with Gasteiger partial charge in [0.15, 0.2) is 0 Å². The number of benzene rings is 1. The molecule has 0 radical (unpaired) electrons. The quantitative estimate of drug-likeness (QED) is 0.354. The summed E-state index contributed by atoms with van der Waals surface area (Å²) in [6.45, 7) is 2.68. The van der Waals surface area contributed by atoms with Gasteiger partial charge >= 0.3 is 0 Å². The van der Waals surface area contributed by atoms with Gasteiger partial charge in [0.25, 0.3) is 11.6 Å². The normalized spacial score (nSPS) is 9.82. The summed E-state index contributed by atoms with van der Waals surface area (Å²) < 4.78 is 0. The summed E-state index contributed by atoms with van der Waals surface area (Å²) in [4.78, 5) is 32.6. The Hall–Kier alpha value is -2.28. The summed E-state index contributed by atoms with van der Waals surface area (Å²) in [6.07, 6.45) is 0. The van der Waals surface area contributed by atoms with Crippen LogP contribution in [-0.2, 0) is 4.79 Å². The number of imide groups is 1. The highest BCUT2D eigenvalue weighted by atomic mass is 16.6. The highest BCUT2D eigenvalue weighted by molar-refractivity contribution is 6.03. The highest BCUT2D eigenvalue weighted by Gasteiger charge is 2.19. The zero-order valence-electron chi connectivity index (χ0n) is 9.34. The number of amides is 2. The van der Waals surface area contributed by atoms with Gasteiger partial charge in [0.2, 0.25) is 5.91 Å². The van der Waals surface area contributed by atoms with Crippen LogP contribution in [0, 0.1) is 17.0 Å². The second-order valence-electron chi connectivity index (χ2n) is 3.45. The summed E-state index contributed by atoms with van der Waals surface area (Å²) in [7, 11) is 0. The molecule has 0 aliphatic carbocycles. The minimum atomic E-state index is -0.777. The second kappa shape index (κ2) is 4.71. The zero-order valence-corrected chi connectivity index (χ0v) is 9.34. The number of nitro benzene ring substituents is 1. The van der Waals surface area contributed by atoms with E-state index in [2.05, 4.69) is 0 Å². The maximum Gasteiger partial charge on any atom is 0.275 e. The largest absolute Gasteiger partial charge is 0.275 e. The molecule has 0 aromatic heterocycles. The zero-order chi connectivity index (χ0) is 13.2. The van der Waals surface area contributed by atoms with Crippen LogP contribution < -0.4 is 5.84 Å². The van der Waals surface area contributed by atoms with E-state index in [1.165, 1.54) is 12.1 Å². The fourth-order valence-electron chi connectivity index (χ4n) is 1.22. The molecule has 1 aromatic rings. The first-order valence-electron chi connectivity index (χ1n) is 4.69. The molecule has 1 aromatic carbocycles. The SMILES string of the molecule is CC(=O)N(N)C(=O)c1ccc(C)c([N+](=O)[O-])c1. The van der Waals surface area contributed by atoms with Gasteiger partial charge in [-0.1, -0.05) is 6.07 Å². The molecule has 17 heavy (non-hydrogen) atoms. The van der Waals surface area contributed by atoms with Gasteiger partial charge in [-0.15, -0.1) is 0 Å². The molecule has 7 nitrogen and oxygen atoms in total. The van der Waals surface area contributed by atoms with E-state index >= 15 is 0 Å². The molecule has 0 saturated heterocycles. The summed E-state index contributed by atoms with van der Waals surface area (Å²) in [5.41, 5.74) is 0.241. The number of hydrazine groups is 1. The lowest BCUT2D eigenvalue weighted by molar-refractivity contribution is -0.385. The van der Waals surface area contributed by atoms with Gasteiger partial charge in [0.1, 0.15) is 0 Å². The van der Waals surface area contributed by atoms with E-state index in [9.17, 15) is 19.7 Å². The predicted molar refractivity (Wildman–Crippen MR) is 58.9 cm³/mol. The van der Waals surface area contributed by atoms with E-state index in [0.717, 1.165) is 13.0 Å². The first kappa shape index (κ1) is 12.8. The molecule has 7 heteroatoms. The van der Waals surface area contributed by atoms with Crippen molar-refractivity contribution in [2.45, 2.75) is 13.8 Å². The lowest BCUT2D eigenvalue weighted by Crippen LogP contribution is -2.41. The summed E-state index contributed by atoms with van der Waals surface area (Å²) in [6, 6.07) is 3.91. The van der Waals surface area contributed by atoms with Crippen molar-refractivity contribution in [2.24, 2.45) is 5.84 Å². The molecule has 0 heterocycles. The maximum absolute atomic E-state index is 11.6. The summed E-state index contributed by atoms with van der Waals surface area (Å²) in [5.74, 6) is 3.80. The predicted octanol–water partition coefficient (Wildman–Crippen LogP) is 0.766. The van der Waals surface area contributed by atoms with E-state index in [0.29, 0.717) is 10.6 Å². The molecule has 1 rings (SSSR count). The Morgan fingerprint density at radius 2 is 2.00 bits per heavy atom. The van der Waals surface area contributed by atoms with Crippen molar-refractivity contribution in [3.8, 4) is 0 Å². The Balaban J connectivity index is 3.16. The van der Waals surface area contributed by atoms with Crippen LogP contribution in [0.1, 0.15) is 22.8 Å². The van der Waals surface area contributed by atoms with Gasteiger partial charge in [-0.3, -0.25) is 19.7 Å². The van der Waals surface area contributed by atoms with E-state index in [4.69, 9.17) is 5.84 Å². The third kappa shape index (κ3) is 2.64. The van der Waals surface area contributed by atoms with Crippen LogP contribution in [0.3, 0.4) is 0 Å². The molecular formula is C10H11N3O4. The van der Waals surface area contributed by atoms with Crippen LogP contribution in [0.5, 0.6) is 0 Å².